The van der Waals surface area contributed by atoms with Crippen molar-refractivity contribution in [2.45, 2.75) is 52.5 Å². The summed E-state index contributed by atoms with van der Waals surface area (Å²) in [7, 11) is -3.47. The average Bonchev–Trinajstić information content (AvgIpc) is 2.34. The summed E-state index contributed by atoms with van der Waals surface area (Å²) >= 11 is 0. The zero-order valence-corrected chi connectivity index (χ0v) is 13.4. The maximum Gasteiger partial charge on any atom is 0.303 e. The van der Waals surface area contributed by atoms with Gasteiger partial charge < -0.3 is 5.11 Å². The van der Waals surface area contributed by atoms with E-state index in [0.717, 1.165) is 12.8 Å². The molecule has 1 saturated heterocycles. The van der Waals surface area contributed by atoms with Crippen LogP contribution in [-0.2, 0) is 15.0 Å². The lowest BCUT2D eigenvalue weighted by Gasteiger charge is -2.35. The van der Waals surface area contributed by atoms with Gasteiger partial charge in [-0.2, -0.15) is 17.0 Å². The maximum absolute atomic E-state index is 12.6. The number of rotatable bonds is 7. The fourth-order valence-electron chi connectivity index (χ4n) is 2.39. The Morgan fingerprint density at radius 3 is 2.35 bits per heavy atom. The van der Waals surface area contributed by atoms with Crippen LogP contribution in [0.3, 0.4) is 0 Å². The van der Waals surface area contributed by atoms with Crippen LogP contribution in [0.15, 0.2) is 0 Å². The summed E-state index contributed by atoms with van der Waals surface area (Å²) < 4.78 is 28.2. The number of hydrogen-bond donors (Lipinski definition) is 1. The minimum atomic E-state index is -3.47. The Labute approximate surface area is 121 Å². The van der Waals surface area contributed by atoms with Gasteiger partial charge >= 0.3 is 5.97 Å². The van der Waals surface area contributed by atoms with Gasteiger partial charge in [0, 0.05) is 32.1 Å². The van der Waals surface area contributed by atoms with E-state index in [9.17, 15) is 13.2 Å². The zero-order valence-electron chi connectivity index (χ0n) is 12.6. The van der Waals surface area contributed by atoms with Crippen LogP contribution in [0.25, 0.3) is 0 Å². The highest BCUT2D eigenvalue weighted by Gasteiger charge is 2.33. The van der Waals surface area contributed by atoms with Crippen LogP contribution in [0.5, 0.6) is 0 Å². The number of carboxylic acid groups (broad SMARTS) is 1. The summed E-state index contributed by atoms with van der Waals surface area (Å²) in [6.45, 7) is 7.17. The van der Waals surface area contributed by atoms with Gasteiger partial charge in [-0.05, 0) is 39.0 Å². The van der Waals surface area contributed by atoms with E-state index in [4.69, 9.17) is 5.11 Å². The van der Waals surface area contributed by atoms with Crippen molar-refractivity contribution in [2.24, 2.45) is 5.92 Å². The second-order valence-corrected chi connectivity index (χ2v) is 7.67. The molecule has 0 unspecified atom stereocenters. The van der Waals surface area contributed by atoms with Gasteiger partial charge in [-0.15, -0.1) is 0 Å². The summed E-state index contributed by atoms with van der Waals surface area (Å²) in [6, 6.07) is -0.159. The van der Waals surface area contributed by atoms with Crippen molar-refractivity contribution in [2.75, 3.05) is 19.6 Å². The van der Waals surface area contributed by atoms with E-state index in [2.05, 4.69) is 6.92 Å². The minimum absolute atomic E-state index is 0.00419. The third-order valence-electron chi connectivity index (χ3n) is 3.71. The van der Waals surface area contributed by atoms with Gasteiger partial charge in [0.2, 0.25) is 0 Å². The van der Waals surface area contributed by atoms with E-state index in [0.29, 0.717) is 25.4 Å². The molecular weight excluding hydrogens is 280 g/mol. The van der Waals surface area contributed by atoms with Gasteiger partial charge in [-0.1, -0.05) is 6.92 Å². The molecule has 0 aliphatic carbocycles. The van der Waals surface area contributed by atoms with Crippen molar-refractivity contribution in [3.63, 3.8) is 0 Å². The van der Waals surface area contributed by atoms with Crippen molar-refractivity contribution < 1.29 is 18.3 Å². The van der Waals surface area contributed by atoms with E-state index in [1.54, 1.807) is 0 Å². The highest BCUT2D eigenvalue weighted by molar-refractivity contribution is 7.86. The van der Waals surface area contributed by atoms with Crippen LogP contribution in [0, 0.1) is 5.92 Å². The van der Waals surface area contributed by atoms with Crippen LogP contribution < -0.4 is 0 Å². The Morgan fingerprint density at radius 1 is 1.35 bits per heavy atom. The standard InChI is InChI=1S/C13H26N2O4S/c1-11(2)15(8-4-5-13(16)17)20(18,19)14-9-6-12(3)7-10-14/h11-12H,4-10H2,1-3H3,(H,16,17). The van der Waals surface area contributed by atoms with Gasteiger partial charge in [-0.3, -0.25) is 4.79 Å². The number of piperidine rings is 1. The van der Waals surface area contributed by atoms with Crippen LogP contribution in [0.2, 0.25) is 0 Å². The van der Waals surface area contributed by atoms with Crippen LogP contribution >= 0.6 is 0 Å². The van der Waals surface area contributed by atoms with Crippen LogP contribution in [0.1, 0.15) is 46.5 Å². The monoisotopic (exact) mass is 306 g/mol. The number of aliphatic carboxylic acids is 1. The topological polar surface area (TPSA) is 77.9 Å². The first kappa shape index (κ1) is 17.4. The fourth-order valence-corrected chi connectivity index (χ4v) is 4.25. The summed E-state index contributed by atoms with van der Waals surface area (Å²) in [5.74, 6) is -0.320. The third kappa shape index (κ3) is 4.71. The Bertz CT molecular complexity index is 414. The lowest BCUT2D eigenvalue weighted by Crippen LogP contribution is -2.49. The van der Waals surface area contributed by atoms with E-state index in [-0.39, 0.29) is 19.0 Å². The molecule has 0 radical (unpaired) electrons. The first-order chi connectivity index (χ1) is 9.25. The molecule has 1 rings (SSSR count). The molecular formula is C13H26N2O4S. The first-order valence-electron chi connectivity index (χ1n) is 7.24. The molecule has 0 amide bonds. The van der Waals surface area contributed by atoms with E-state index in [1.807, 2.05) is 13.8 Å². The lowest BCUT2D eigenvalue weighted by atomic mass is 10.0. The van der Waals surface area contributed by atoms with Gasteiger partial charge in [0.05, 0.1) is 0 Å². The van der Waals surface area contributed by atoms with Gasteiger partial charge in [0.15, 0.2) is 0 Å². The number of hydrogen-bond acceptors (Lipinski definition) is 3. The smallest absolute Gasteiger partial charge is 0.303 e. The largest absolute Gasteiger partial charge is 0.481 e. The van der Waals surface area contributed by atoms with Crippen molar-refractivity contribution in [1.29, 1.82) is 0 Å². The Morgan fingerprint density at radius 2 is 1.90 bits per heavy atom. The van der Waals surface area contributed by atoms with Crippen molar-refractivity contribution in [1.82, 2.24) is 8.61 Å². The molecule has 0 spiro atoms. The number of carbonyl (C=O) groups is 1. The van der Waals surface area contributed by atoms with Crippen LogP contribution in [-0.4, -0.2) is 53.8 Å². The highest BCUT2D eigenvalue weighted by Crippen LogP contribution is 2.22. The molecule has 0 aromatic carbocycles. The molecule has 1 fully saturated rings. The number of nitrogens with zero attached hydrogens (tertiary/aromatic N) is 2. The Balaban J connectivity index is 2.70. The molecule has 20 heavy (non-hydrogen) atoms. The molecule has 0 aromatic heterocycles. The predicted molar refractivity (Wildman–Crippen MR) is 77.6 cm³/mol. The van der Waals surface area contributed by atoms with E-state index >= 15 is 0 Å². The Kier molecular flexibility index (Phi) is 6.42. The van der Waals surface area contributed by atoms with Crippen LogP contribution in [0.4, 0.5) is 0 Å². The van der Waals surface area contributed by atoms with E-state index < -0.39 is 16.2 Å². The third-order valence-corrected chi connectivity index (χ3v) is 5.92. The lowest BCUT2D eigenvalue weighted by molar-refractivity contribution is -0.137. The number of carboxylic acids is 1. The van der Waals surface area contributed by atoms with Gasteiger partial charge in [0.25, 0.3) is 10.2 Å². The van der Waals surface area contributed by atoms with Crippen molar-refractivity contribution in [3.05, 3.63) is 0 Å². The molecule has 0 saturated carbocycles. The van der Waals surface area contributed by atoms with Crippen molar-refractivity contribution in [3.8, 4) is 0 Å². The molecule has 0 bridgehead atoms. The summed E-state index contributed by atoms with van der Waals surface area (Å²) in [5.41, 5.74) is 0. The quantitative estimate of drug-likeness (QED) is 0.774. The summed E-state index contributed by atoms with van der Waals surface area (Å²) in [4.78, 5) is 10.6. The SMILES string of the molecule is CC1CCN(S(=O)(=O)N(CCCC(=O)O)C(C)C)CC1. The molecule has 118 valence electrons. The van der Waals surface area contributed by atoms with E-state index in [1.165, 1.54) is 8.61 Å². The molecule has 1 aliphatic heterocycles. The average molecular weight is 306 g/mol. The predicted octanol–water partition coefficient (Wildman–Crippen LogP) is 1.54. The van der Waals surface area contributed by atoms with Gasteiger partial charge in [0.1, 0.15) is 0 Å². The summed E-state index contributed by atoms with van der Waals surface area (Å²) in [5, 5.41) is 8.67. The Hall–Kier alpha value is -0.660. The molecule has 0 aromatic rings. The first-order valence-corrected chi connectivity index (χ1v) is 8.63. The fraction of sp³-hybridized carbons (Fsp3) is 0.923. The maximum atomic E-state index is 12.6. The second kappa shape index (κ2) is 7.38. The molecule has 1 heterocycles. The molecule has 6 nitrogen and oxygen atoms in total. The second-order valence-electron chi connectivity index (χ2n) is 5.79. The molecule has 0 atom stereocenters. The highest BCUT2D eigenvalue weighted by atomic mass is 32.2. The van der Waals surface area contributed by atoms with Gasteiger partial charge in [-0.25, -0.2) is 0 Å². The molecule has 7 heteroatoms. The minimum Gasteiger partial charge on any atom is -0.481 e. The normalized spacial score (nSPS) is 18.9. The molecule has 1 N–H and O–H groups in total. The summed E-state index contributed by atoms with van der Waals surface area (Å²) in [6.07, 6.45) is 2.12. The zero-order chi connectivity index (χ0) is 15.3. The van der Waals surface area contributed by atoms with Crippen molar-refractivity contribution >= 4 is 16.2 Å². The molecule has 1 aliphatic rings.